The Labute approximate surface area is 247 Å². The minimum absolute atomic E-state index is 0.843. The third-order valence-electron chi connectivity index (χ3n) is 8.46. The van der Waals surface area contributed by atoms with E-state index in [0.29, 0.717) is 0 Å². The van der Waals surface area contributed by atoms with Gasteiger partial charge in [0, 0.05) is 27.2 Å². The van der Waals surface area contributed by atoms with Gasteiger partial charge in [0.2, 0.25) is 0 Å². The first kappa shape index (κ1) is 23.9. The maximum absolute atomic E-state index is 6.54. The van der Waals surface area contributed by atoms with Crippen molar-refractivity contribution >= 4 is 71.7 Å². The van der Waals surface area contributed by atoms with Crippen molar-refractivity contribution in [2.24, 2.45) is 0 Å². The number of furan rings is 2. The molecule has 0 saturated heterocycles. The summed E-state index contributed by atoms with van der Waals surface area (Å²) in [6.45, 7) is 0. The monoisotopic (exact) mass is 551 g/mol. The summed E-state index contributed by atoms with van der Waals surface area (Å²) in [5.41, 5.74) is 8.72. The van der Waals surface area contributed by atoms with Crippen molar-refractivity contribution in [2.45, 2.75) is 0 Å². The Morgan fingerprint density at radius 3 is 1.51 bits per heavy atom. The Morgan fingerprint density at radius 2 is 0.884 bits per heavy atom. The number of rotatable bonds is 4. The van der Waals surface area contributed by atoms with Crippen LogP contribution in [-0.4, -0.2) is 0 Å². The molecule has 0 unspecified atom stereocenters. The first-order valence-electron chi connectivity index (χ1n) is 14.5. The van der Waals surface area contributed by atoms with Gasteiger partial charge in [0.05, 0.1) is 11.4 Å². The summed E-state index contributed by atoms with van der Waals surface area (Å²) < 4.78 is 13.1. The van der Waals surface area contributed by atoms with Crippen LogP contribution in [0.3, 0.4) is 0 Å². The number of nitrogens with zero attached hydrogens (tertiary/aromatic N) is 1. The molecule has 2 heterocycles. The zero-order chi connectivity index (χ0) is 28.3. The summed E-state index contributed by atoms with van der Waals surface area (Å²) in [6.07, 6.45) is 0. The van der Waals surface area contributed by atoms with E-state index < -0.39 is 0 Å². The van der Waals surface area contributed by atoms with Gasteiger partial charge in [-0.15, -0.1) is 0 Å². The highest BCUT2D eigenvalue weighted by Crippen LogP contribution is 2.46. The lowest BCUT2D eigenvalue weighted by atomic mass is 10.0. The maximum atomic E-state index is 6.54. The van der Waals surface area contributed by atoms with Crippen molar-refractivity contribution < 1.29 is 8.83 Å². The quantitative estimate of drug-likeness (QED) is 0.218. The van der Waals surface area contributed by atoms with Crippen LogP contribution in [0.1, 0.15) is 0 Å². The van der Waals surface area contributed by atoms with E-state index in [-0.39, 0.29) is 0 Å². The Balaban J connectivity index is 1.27. The smallest absolute Gasteiger partial charge is 0.159 e. The molecule has 3 nitrogen and oxygen atoms in total. The van der Waals surface area contributed by atoms with E-state index in [1.165, 1.54) is 21.9 Å². The lowest BCUT2D eigenvalue weighted by Gasteiger charge is -2.25. The van der Waals surface area contributed by atoms with Gasteiger partial charge in [-0.25, -0.2) is 0 Å². The molecule has 0 bridgehead atoms. The molecule has 0 spiro atoms. The first-order valence-corrected chi connectivity index (χ1v) is 14.5. The number of hydrogen-bond acceptors (Lipinski definition) is 3. The second-order valence-electron chi connectivity index (χ2n) is 10.9. The fraction of sp³-hybridized carbons (Fsp3) is 0. The van der Waals surface area contributed by atoms with Crippen LogP contribution in [0.4, 0.5) is 17.1 Å². The highest BCUT2D eigenvalue weighted by atomic mass is 16.3. The molecule has 9 aromatic rings. The van der Waals surface area contributed by atoms with E-state index in [1.807, 2.05) is 24.3 Å². The van der Waals surface area contributed by atoms with E-state index in [1.54, 1.807) is 0 Å². The van der Waals surface area contributed by atoms with E-state index in [2.05, 4.69) is 132 Å². The van der Waals surface area contributed by atoms with Crippen molar-refractivity contribution in [3.63, 3.8) is 0 Å². The maximum Gasteiger partial charge on any atom is 0.159 e. The predicted octanol–water partition coefficient (Wildman–Crippen LogP) is 11.8. The second kappa shape index (κ2) is 9.37. The van der Waals surface area contributed by atoms with Crippen molar-refractivity contribution in [3.05, 3.63) is 152 Å². The summed E-state index contributed by atoms with van der Waals surface area (Å²) in [4.78, 5) is 2.26. The Bertz CT molecular complexity index is 2350. The van der Waals surface area contributed by atoms with Gasteiger partial charge in [-0.3, -0.25) is 0 Å². The molecule has 0 radical (unpaired) electrons. The first-order chi connectivity index (χ1) is 21.3. The number of benzene rings is 7. The number of fused-ring (bicyclic) bond motifs is 7. The number of anilines is 3. The summed E-state index contributed by atoms with van der Waals surface area (Å²) in [6, 6.07) is 53.1. The van der Waals surface area contributed by atoms with Crippen LogP contribution in [0.5, 0.6) is 0 Å². The lowest BCUT2D eigenvalue weighted by molar-refractivity contribution is 0.666. The van der Waals surface area contributed by atoms with Crippen LogP contribution in [-0.2, 0) is 0 Å². The molecule has 0 aliphatic carbocycles. The lowest BCUT2D eigenvalue weighted by Crippen LogP contribution is -2.10. The zero-order valence-electron chi connectivity index (χ0n) is 23.2. The van der Waals surface area contributed by atoms with Gasteiger partial charge in [0.25, 0.3) is 0 Å². The van der Waals surface area contributed by atoms with Gasteiger partial charge in [0.1, 0.15) is 11.2 Å². The summed E-state index contributed by atoms with van der Waals surface area (Å²) >= 11 is 0. The van der Waals surface area contributed by atoms with Crippen molar-refractivity contribution in [1.82, 2.24) is 0 Å². The molecule has 0 N–H and O–H groups in total. The molecule has 9 rings (SSSR count). The highest BCUT2D eigenvalue weighted by Gasteiger charge is 2.23. The normalized spacial score (nSPS) is 11.7. The summed E-state index contributed by atoms with van der Waals surface area (Å²) in [5.74, 6) is 0. The van der Waals surface area contributed by atoms with E-state index in [4.69, 9.17) is 8.83 Å². The minimum atomic E-state index is 0.843. The van der Waals surface area contributed by atoms with Crippen LogP contribution in [0.15, 0.2) is 160 Å². The summed E-state index contributed by atoms with van der Waals surface area (Å²) in [5, 5.41) is 6.86. The molecule has 0 saturated carbocycles. The van der Waals surface area contributed by atoms with E-state index in [9.17, 15) is 0 Å². The van der Waals surface area contributed by atoms with Crippen molar-refractivity contribution in [3.8, 4) is 11.1 Å². The molecule has 0 fully saturated rings. The fourth-order valence-electron chi connectivity index (χ4n) is 6.40. The highest BCUT2D eigenvalue weighted by molar-refractivity contribution is 6.13. The van der Waals surface area contributed by atoms with E-state index in [0.717, 1.165) is 60.9 Å². The molecule has 0 amide bonds. The zero-order valence-corrected chi connectivity index (χ0v) is 23.2. The Hall–Kier alpha value is -5.80. The summed E-state index contributed by atoms with van der Waals surface area (Å²) in [7, 11) is 0. The van der Waals surface area contributed by atoms with E-state index >= 15 is 0 Å². The van der Waals surface area contributed by atoms with Gasteiger partial charge in [-0.1, -0.05) is 109 Å². The average Bonchev–Trinajstić information content (AvgIpc) is 3.65. The van der Waals surface area contributed by atoms with Crippen LogP contribution < -0.4 is 4.90 Å². The standard InChI is InChI=1S/C40H25NO2/c1-2-10-28-25-29(20-19-26(28)9-1)27-21-23-30(24-22-27)41(35-15-7-13-33-31-11-3-5-17-37(31)42-39(33)35)36-16-8-14-34-32-12-4-6-18-38(32)43-40(34)36/h1-25H. The third-order valence-corrected chi connectivity index (χ3v) is 8.46. The Kier molecular flexibility index (Phi) is 5.20. The van der Waals surface area contributed by atoms with Crippen LogP contribution in [0, 0.1) is 0 Å². The number of hydrogen-bond donors (Lipinski definition) is 0. The van der Waals surface area contributed by atoms with Gasteiger partial charge in [-0.2, -0.15) is 0 Å². The van der Waals surface area contributed by atoms with Gasteiger partial charge in [-0.05, 0) is 64.4 Å². The van der Waals surface area contributed by atoms with Gasteiger partial charge in [0.15, 0.2) is 11.2 Å². The molecule has 2 aromatic heterocycles. The predicted molar refractivity (Wildman–Crippen MR) is 179 cm³/mol. The van der Waals surface area contributed by atoms with Crippen LogP contribution in [0.25, 0.3) is 65.8 Å². The Morgan fingerprint density at radius 1 is 0.372 bits per heavy atom. The molecule has 0 aliphatic rings. The molecular weight excluding hydrogens is 526 g/mol. The molecule has 43 heavy (non-hydrogen) atoms. The minimum Gasteiger partial charge on any atom is -0.454 e. The number of para-hydroxylation sites is 4. The topological polar surface area (TPSA) is 29.5 Å². The largest absolute Gasteiger partial charge is 0.454 e. The van der Waals surface area contributed by atoms with Gasteiger partial charge < -0.3 is 13.7 Å². The molecule has 0 aliphatic heterocycles. The van der Waals surface area contributed by atoms with Gasteiger partial charge >= 0.3 is 0 Å². The molecule has 0 atom stereocenters. The van der Waals surface area contributed by atoms with Crippen molar-refractivity contribution in [2.75, 3.05) is 4.90 Å². The second-order valence-corrected chi connectivity index (χ2v) is 10.9. The third kappa shape index (κ3) is 3.75. The fourth-order valence-corrected chi connectivity index (χ4v) is 6.40. The molecule has 7 aromatic carbocycles. The van der Waals surface area contributed by atoms with Crippen LogP contribution in [0.2, 0.25) is 0 Å². The SMILES string of the molecule is c1ccc2cc(-c3ccc(N(c4cccc5c4oc4ccccc45)c4cccc5c4oc4ccccc45)cc3)ccc2c1. The molecular formula is C40H25NO2. The van der Waals surface area contributed by atoms with Crippen LogP contribution >= 0.6 is 0 Å². The van der Waals surface area contributed by atoms with Crippen molar-refractivity contribution in [1.29, 1.82) is 0 Å². The molecule has 202 valence electrons. The molecule has 3 heteroatoms. The average molecular weight is 552 g/mol.